The van der Waals surface area contributed by atoms with E-state index < -0.39 is 0 Å². The van der Waals surface area contributed by atoms with Gasteiger partial charge in [0.1, 0.15) is 0 Å². The Bertz CT molecular complexity index is 373. The summed E-state index contributed by atoms with van der Waals surface area (Å²) in [5.41, 5.74) is 7.98. The number of nitrogens with zero attached hydrogens (tertiary/aromatic N) is 1. The fourth-order valence-corrected chi connectivity index (χ4v) is 1.63. The van der Waals surface area contributed by atoms with E-state index in [9.17, 15) is 4.79 Å². The van der Waals surface area contributed by atoms with Crippen LogP contribution in [0.1, 0.15) is 24.2 Å². The van der Waals surface area contributed by atoms with Gasteiger partial charge in [0.2, 0.25) is 0 Å². The van der Waals surface area contributed by atoms with E-state index in [1.807, 2.05) is 13.8 Å². The normalized spacial score (nSPS) is 9.94. The van der Waals surface area contributed by atoms with Crippen molar-refractivity contribution < 1.29 is 9.53 Å². The molecular weight excluding hydrogens is 204 g/mol. The number of hydrogen-bond donors (Lipinski definition) is 1. The van der Waals surface area contributed by atoms with Gasteiger partial charge in [0.25, 0.3) is 0 Å². The van der Waals surface area contributed by atoms with Gasteiger partial charge < -0.3 is 15.4 Å². The predicted molar refractivity (Wildman–Crippen MR) is 65.8 cm³/mol. The van der Waals surface area contributed by atoms with E-state index >= 15 is 0 Å². The fraction of sp³-hybridized carbons (Fsp3) is 0.417. The van der Waals surface area contributed by atoms with Gasteiger partial charge in [0, 0.05) is 13.1 Å². The van der Waals surface area contributed by atoms with Gasteiger partial charge in [-0.1, -0.05) is 0 Å². The highest BCUT2D eigenvalue weighted by atomic mass is 16.5. The lowest BCUT2D eigenvalue weighted by atomic mass is 10.1. The molecule has 4 heteroatoms. The molecule has 0 unspecified atom stereocenters. The second-order valence-corrected chi connectivity index (χ2v) is 3.44. The molecule has 0 atom stereocenters. The van der Waals surface area contributed by atoms with E-state index in [1.54, 1.807) is 18.2 Å². The molecule has 2 N–H and O–H groups in total. The fourth-order valence-electron chi connectivity index (χ4n) is 1.63. The topological polar surface area (TPSA) is 55.6 Å². The van der Waals surface area contributed by atoms with Crippen LogP contribution in [0.25, 0.3) is 0 Å². The molecule has 0 bridgehead atoms. The van der Waals surface area contributed by atoms with Crippen molar-refractivity contribution in [3.63, 3.8) is 0 Å². The van der Waals surface area contributed by atoms with Crippen LogP contribution in [0.5, 0.6) is 0 Å². The molecule has 0 radical (unpaired) electrons. The second kappa shape index (κ2) is 5.39. The Morgan fingerprint density at radius 3 is 2.50 bits per heavy atom. The largest absolute Gasteiger partial charge is 0.465 e. The zero-order chi connectivity index (χ0) is 12.1. The smallest absolute Gasteiger partial charge is 0.337 e. The van der Waals surface area contributed by atoms with Gasteiger partial charge >= 0.3 is 5.97 Å². The number of carbonyl (C=O) groups excluding carboxylic acids is 1. The summed E-state index contributed by atoms with van der Waals surface area (Å²) < 4.78 is 4.68. The molecule has 4 nitrogen and oxygen atoms in total. The van der Waals surface area contributed by atoms with Crippen molar-refractivity contribution in [3.05, 3.63) is 23.8 Å². The summed E-state index contributed by atoms with van der Waals surface area (Å²) in [6.07, 6.45) is 0. The van der Waals surface area contributed by atoms with E-state index in [0.717, 1.165) is 18.8 Å². The van der Waals surface area contributed by atoms with Crippen LogP contribution >= 0.6 is 0 Å². The SMILES string of the molecule is CCN(CC)c1cc(C(=O)OC)ccc1N. The van der Waals surface area contributed by atoms with Crippen LogP contribution in [0.4, 0.5) is 11.4 Å². The van der Waals surface area contributed by atoms with E-state index in [4.69, 9.17) is 5.73 Å². The van der Waals surface area contributed by atoms with Gasteiger partial charge in [-0.25, -0.2) is 4.79 Å². The van der Waals surface area contributed by atoms with Crippen molar-refractivity contribution in [3.8, 4) is 0 Å². The summed E-state index contributed by atoms with van der Waals surface area (Å²) in [7, 11) is 1.37. The number of anilines is 2. The molecule has 88 valence electrons. The van der Waals surface area contributed by atoms with Crippen LogP contribution in [-0.2, 0) is 4.74 Å². The highest BCUT2D eigenvalue weighted by Crippen LogP contribution is 2.24. The van der Waals surface area contributed by atoms with Crippen molar-refractivity contribution in [2.24, 2.45) is 0 Å². The minimum absolute atomic E-state index is 0.339. The summed E-state index contributed by atoms with van der Waals surface area (Å²) in [5, 5.41) is 0. The Morgan fingerprint density at radius 1 is 1.38 bits per heavy atom. The Hall–Kier alpha value is -1.71. The maximum atomic E-state index is 11.4. The average Bonchev–Trinajstić information content (AvgIpc) is 2.32. The van der Waals surface area contributed by atoms with Crippen LogP contribution in [0.15, 0.2) is 18.2 Å². The lowest BCUT2D eigenvalue weighted by Gasteiger charge is -2.23. The quantitative estimate of drug-likeness (QED) is 0.624. The summed E-state index contributed by atoms with van der Waals surface area (Å²) in [6.45, 7) is 5.80. The lowest BCUT2D eigenvalue weighted by molar-refractivity contribution is 0.0601. The zero-order valence-corrected chi connectivity index (χ0v) is 9.99. The van der Waals surface area contributed by atoms with Crippen LogP contribution in [-0.4, -0.2) is 26.2 Å². The number of carbonyl (C=O) groups is 1. The van der Waals surface area contributed by atoms with Crippen LogP contribution in [0.2, 0.25) is 0 Å². The van der Waals surface area contributed by atoms with Crippen LogP contribution in [0.3, 0.4) is 0 Å². The maximum absolute atomic E-state index is 11.4. The van der Waals surface area contributed by atoms with Gasteiger partial charge in [-0.05, 0) is 32.0 Å². The summed E-state index contributed by atoms with van der Waals surface area (Å²) >= 11 is 0. The first-order valence-corrected chi connectivity index (χ1v) is 5.36. The molecule has 1 rings (SSSR count). The van der Waals surface area contributed by atoms with Gasteiger partial charge in [0.05, 0.1) is 24.0 Å². The lowest BCUT2D eigenvalue weighted by Crippen LogP contribution is -2.23. The van der Waals surface area contributed by atoms with Crippen LogP contribution < -0.4 is 10.6 Å². The number of rotatable bonds is 4. The first kappa shape index (κ1) is 12.4. The second-order valence-electron chi connectivity index (χ2n) is 3.44. The standard InChI is InChI=1S/C12H18N2O2/c1-4-14(5-2)11-8-9(12(15)16-3)6-7-10(11)13/h6-8H,4-5,13H2,1-3H3. The molecule has 16 heavy (non-hydrogen) atoms. The van der Waals surface area contributed by atoms with E-state index in [1.165, 1.54) is 7.11 Å². The maximum Gasteiger partial charge on any atom is 0.337 e. The van der Waals surface area contributed by atoms with E-state index in [2.05, 4.69) is 9.64 Å². The van der Waals surface area contributed by atoms with Gasteiger partial charge in [-0.15, -0.1) is 0 Å². The Morgan fingerprint density at radius 2 is 2.00 bits per heavy atom. The van der Waals surface area contributed by atoms with Gasteiger partial charge in [0.15, 0.2) is 0 Å². The minimum Gasteiger partial charge on any atom is -0.465 e. The third-order valence-electron chi connectivity index (χ3n) is 2.56. The number of nitrogens with two attached hydrogens (primary N) is 1. The average molecular weight is 222 g/mol. The summed E-state index contributed by atoms with van der Waals surface area (Å²) in [6, 6.07) is 5.18. The number of hydrogen-bond acceptors (Lipinski definition) is 4. The summed E-state index contributed by atoms with van der Waals surface area (Å²) in [4.78, 5) is 13.5. The van der Waals surface area contributed by atoms with E-state index in [0.29, 0.717) is 11.3 Å². The van der Waals surface area contributed by atoms with Crippen molar-refractivity contribution in [1.29, 1.82) is 0 Å². The Kier molecular flexibility index (Phi) is 4.17. The number of esters is 1. The number of nitrogen functional groups attached to an aromatic ring is 1. The molecule has 1 aromatic rings. The third-order valence-corrected chi connectivity index (χ3v) is 2.56. The number of benzene rings is 1. The van der Waals surface area contributed by atoms with Crippen LogP contribution in [0, 0.1) is 0 Å². The molecule has 0 spiro atoms. The van der Waals surface area contributed by atoms with Gasteiger partial charge in [-0.3, -0.25) is 0 Å². The van der Waals surface area contributed by atoms with Crippen molar-refractivity contribution in [2.75, 3.05) is 30.8 Å². The highest BCUT2D eigenvalue weighted by Gasteiger charge is 2.11. The molecule has 0 amide bonds. The first-order chi connectivity index (χ1) is 7.63. The monoisotopic (exact) mass is 222 g/mol. The Labute approximate surface area is 96.0 Å². The minimum atomic E-state index is -0.339. The van der Waals surface area contributed by atoms with E-state index in [-0.39, 0.29) is 5.97 Å². The molecular formula is C12H18N2O2. The zero-order valence-electron chi connectivity index (χ0n) is 9.99. The predicted octanol–water partition coefficient (Wildman–Crippen LogP) is 1.90. The molecule has 0 saturated carbocycles. The molecule has 0 saturated heterocycles. The third kappa shape index (κ3) is 2.45. The molecule has 0 fully saturated rings. The number of methoxy groups -OCH3 is 1. The highest BCUT2D eigenvalue weighted by molar-refractivity contribution is 5.92. The molecule has 0 heterocycles. The van der Waals surface area contributed by atoms with Crippen molar-refractivity contribution >= 4 is 17.3 Å². The molecule has 0 aromatic heterocycles. The molecule has 0 aliphatic rings. The van der Waals surface area contributed by atoms with Gasteiger partial charge in [-0.2, -0.15) is 0 Å². The molecule has 1 aromatic carbocycles. The first-order valence-electron chi connectivity index (χ1n) is 5.36. The molecule has 0 aliphatic carbocycles. The number of ether oxygens (including phenoxy) is 1. The van der Waals surface area contributed by atoms with Crippen molar-refractivity contribution in [2.45, 2.75) is 13.8 Å². The summed E-state index contributed by atoms with van der Waals surface area (Å²) in [5.74, 6) is -0.339. The molecule has 0 aliphatic heterocycles. The Balaban J connectivity index is 3.12. The van der Waals surface area contributed by atoms with Crippen molar-refractivity contribution in [1.82, 2.24) is 0 Å².